The topological polar surface area (TPSA) is 66.8 Å². The first-order chi connectivity index (χ1) is 10.8. The molecule has 1 aromatic rings. The number of sulfone groups is 1. The molecule has 0 spiro atoms. The van der Waals surface area contributed by atoms with Gasteiger partial charge >= 0.3 is 0 Å². The Morgan fingerprint density at radius 3 is 2.70 bits per heavy atom. The van der Waals surface area contributed by atoms with Crippen molar-refractivity contribution in [3.05, 3.63) is 29.3 Å². The molecule has 2 fully saturated rings. The molecule has 3 rings (SSSR count). The molecule has 124 valence electrons. The number of fused-ring (bicyclic) bond motifs is 1. The minimum Gasteiger partial charge on any atom is -0.316 e. The van der Waals surface area contributed by atoms with Gasteiger partial charge in [-0.2, -0.15) is 4.99 Å². The number of carbonyl (C=O) groups is 1. The van der Waals surface area contributed by atoms with E-state index in [1.54, 1.807) is 6.92 Å². The summed E-state index contributed by atoms with van der Waals surface area (Å²) in [6.45, 7) is 5.84. The number of hydrogen-bond acceptors (Lipinski definition) is 4. The fraction of sp³-hybridized carbons (Fsp3) is 0.500. The zero-order chi connectivity index (χ0) is 16.8. The van der Waals surface area contributed by atoms with E-state index in [2.05, 4.69) is 4.99 Å². The van der Waals surface area contributed by atoms with Crippen LogP contribution < -0.4 is 4.90 Å². The Balaban J connectivity index is 2.04. The van der Waals surface area contributed by atoms with E-state index in [-0.39, 0.29) is 28.7 Å². The molecule has 2 aliphatic rings. The second-order valence-corrected chi connectivity index (χ2v) is 9.44. The van der Waals surface area contributed by atoms with Crippen molar-refractivity contribution in [1.29, 1.82) is 0 Å². The molecule has 0 radical (unpaired) electrons. The van der Waals surface area contributed by atoms with E-state index in [1.807, 2.05) is 36.9 Å². The lowest BCUT2D eigenvalue weighted by Gasteiger charge is -2.25. The summed E-state index contributed by atoms with van der Waals surface area (Å²) in [5.74, 6) is 0.101. The standard InChI is InChI=1S/C16H20N2O3S2/c1-4-15(19)17-16-18(12-6-5-10(2)11(3)7-12)13-8-23(20,21)9-14(13)22-16/h5-7,13-14H,4,8-9H2,1-3H3/t13-,14-/m0/s1. The maximum Gasteiger partial charge on any atom is 0.247 e. The van der Waals surface area contributed by atoms with Gasteiger partial charge in [-0.15, -0.1) is 0 Å². The van der Waals surface area contributed by atoms with Crippen LogP contribution in [-0.2, 0) is 14.6 Å². The number of nitrogens with zero attached hydrogens (tertiary/aromatic N) is 2. The van der Waals surface area contributed by atoms with Crippen molar-refractivity contribution in [3.63, 3.8) is 0 Å². The SMILES string of the molecule is CCC(=O)N=C1S[C@H]2CS(=O)(=O)C[C@@H]2N1c1ccc(C)c(C)c1. The fourth-order valence-corrected chi connectivity index (χ4v) is 6.86. The molecule has 0 N–H and O–H groups in total. The van der Waals surface area contributed by atoms with Gasteiger partial charge in [-0.1, -0.05) is 24.8 Å². The molecule has 0 aliphatic carbocycles. The van der Waals surface area contributed by atoms with Crippen LogP contribution in [-0.4, -0.2) is 42.3 Å². The largest absolute Gasteiger partial charge is 0.316 e. The molecule has 2 heterocycles. The Morgan fingerprint density at radius 2 is 2.04 bits per heavy atom. The molecular weight excluding hydrogens is 332 g/mol. The number of benzene rings is 1. The highest BCUT2D eigenvalue weighted by atomic mass is 32.2. The number of thioether (sulfide) groups is 1. The van der Waals surface area contributed by atoms with Crippen LogP contribution in [0.2, 0.25) is 0 Å². The second-order valence-electron chi connectivity index (χ2n) is 6.08. The van der Waals surface area contributed by atoms with Crippen LogP contribution in [0, 0.1) is 13.8 Å². The maximum atomic E-state index is 12.0. The smallest absolute Gasteiger partial charge is 0.247 e. The molecule has 0 bridgehead atoms. The van der Waals surface area contributed by atoms with Gasteiger partial charge in [0.05, 0.1) is 17.5 Å². The van der Waals surface area contributed by atoms with Crippen molar-refractivity contribution in [1.82, 2.24) is 0 Å². The molecule has 0 saturated carbocycles. The summed E-state index contributed by atoms with van der Waals surface area (Å²) in [5, 5.41) is 0.579. The maximum absolute atomic E-state index is 12.0. The van der Waals surface area contributed by atoms with E-state index in [9.17, 15) is 13.2 Å². The second kappa shape index (κ2) is 5.94. The van der Waals surface area contributed by atoms with Crippen LogP contribution in [0.3, 0.4) is 0 Å². The minimum absolute atomic E-state index is 0.0509. The third-order valence-corrected chi connectivity index (χ3v) is 7.57. The van der Waals surface area contributed by atoms with Crippen molar-refractivity contribution < 1.29 is 13.2 Å². The van der Waals surface area contributed by atoms with E-state index in [0.29, 0.717) is 11.6 Å². The van der Waals surface area contributed by atoms with Gasteiger partial charge < -0.3 is 4.90 Å². The lowest BCUT2D eigenvalue weighted by atomic mass is 10.1. The first kappa shape index (κ1) is 16.5. The Kier molecular flexibility index (Phi) is 4.27. The summed E-state index contributed by atoms with van der Waals surface area (Å²) < 4.78 is 24.0. The number of amides is 1. The quantitative estimate of drug-likeness (QED) is 0.817. The number of rotatable bonds is 2. The van der Waals surface area contributed by atoms with E-state index >= 15 is 0 Å². The molecule has 2 aliphatic heterocycles. The lowest BCUT2D eigenvalue weighted by Crippen LogP contribution is -2.37. The number of carbonyl (C=O) groups excluding carboxylic acids is 1. The van der Waals surface area contributed by atoms with E-state index < -0.39 is 9.84 Å². The predicted octanol–water partition coefficient (Wildman–Crippen LogP) is 2.31. The number of aliphatic imine (C=N–C) groups is 1. The minimum atomic E-state index is -3.02. The Bertz CT molecular complexity index is 787. The molecular formula is C16H20N2O3S2. The summed E-state index contributed by atoms with van der Waals surface area (Å²) in [4.78, 5) is 17.9. The van der Waals surface area contributed by atoms with Crippen molar-refractivity contribution in [2.24, 2.45) is 4.99 Å². The first-order valence-electron chi connectivity index (χ1n) is 7.66. The third kappa shape index (κ3) is 3.17. The van der Waals surface area contributed by atoms with Gasteiger partial charge in [-0.3, -0.25) is 4.79 Å². The molecule has 5 nitrogen and oxygen atoms in total. The van der Waals surface area contributed by atoms with Gasteiger partial charge in [0.2, 0.25) is 5.91 Å². The molecule has 23 heavy (non-hydrogen) atoms. The highest BCUT2D eigenvalue weighted by Crippen LogP contribution is 2.41. The molecule has 2 atom stereocenters. The zero-order valence-corrected chi connectivity index (χ0v) is 15.1. The van der Waals surface area contributed by atoms with Crippen LogP contribution in [0.25, 0.3) is 0 Å². The van der Waals surface area contributed by atoms with Gasteiger partial charge in [0.15, 0.2) is 15.0 Å². The lowest BCUT2D eigenvalue weighted by molar-refractivity contribution is -0.117. The van der Waals surface area contributed by atoms with Crippen molar-refractivity contribution in [3.8, 4) is 0 Å². The Morgan fingerprint density at radius 1 is 1.30 bits per heavy atom. The van der Waals surface area contributed by atoms with Gasteiger partial charge in [0.1, 0.15) is 0 Å². The number of hydrogen-bond donors (Lipinski definition) is 0. The summed E-state index contributed by atoms with van der Waals surface area (Å²) >= 11 is 1.42. The molecule has 2 saturated heterocycles. The Hall–Kier alpha value is -1.34. The van der Waals surface area contributed by atoms with Crippen LogP contribution in [0.5, 0.6) is 0 Å². The van der Waals surface area contributed by atoms with Crippen LogP contribution in [0.15, 0.2) is 23.2 Å². The van der Waals surface area contributed by atoms with E-state index in [1.165, 1.54) is 17.3 Å². The summed E-state index contributed by atoms with van der Waals surface area (Å²) in [5.41, 5.74) is 3.23. The molecule has 1 amide bonds. The van der Waals surface area contributed by atoms with Gasteiger partial charge in [-0.05, 0) is 37.1 Å². The summed E-state index contributed by atoms with van der Waals surface area (Å²) in [7, 11) is -3.02. The first-order valence-corrected chi connectivity index (χ1v) is 10.4. The molecule has 7 heteroatoms. The number of amidine groups is 1. The van der Waals surface area contributed by atoms with Gasteiger partial charge in [-0.25, -0.2) is 8.42 Å². The average Bonchev–Trinajstić information content (AvgIpc) is 2.93. The van der Waals surface area contributed by atoms with Crippen molar-refractivity contribution >= 4 is 38.4 Å². The fourth-order valence-electron chi connectivity index (χ4n) is 2.93. The molecule has 1 aromatic carbocycles. The molecule has 0 aromatic heterocycles. The Labute approximate surface area is 141 Å². The van der Waals surface area contributed by atoms with E-state index in [0.717, 1.165) is 11.3 Å². The van der Waals surface area contributed by atoms with Gasteiger partial charge in [0.25, 0.3) is 0 Å². The monoisotopic (exact) mass is 352 g/mol. The highest BCUT2D eigenvalue weighted by Gasteiger charge is 2.49. The number of aryl methyl sites for hydroxylation is 2. The average molecular weight is 352 g/mol. The zero-order valence-electron chi connectivity index (χ0n) is 13.4. The highest BCUT2D eigenvalue weighted by molar-refractivity contribution is 8.16. The van der Waals surface area contributed by atoms with Crippen LogP contribution in [0.1, 0.15) is 24.5 Å². The normalized spacial score (nSPS) is 27.4. The van der Waals surface area contributed by atoms with Crippen LogP contribution >= 0.6 is 11.8 Å². The summed E-state index contributed by atoms with van der Waals surface area (Å²) in [6, 6.07) is 5.89. The third-order valence-electron chi connectivity index (χ3n) is 4.36. The van der Waals surface area contributed by atoms with Crippen molar-refractivity contribution in [2.75, 3.05) is 16.4 Å². The molecule has 0 unspecified atom stereocenters. The van der Waals surface area contributed by atoms with Crippen molar-refractivity contribution in [2.45, 2.75) is 38.5 Å². The summed E-state index contributed by atoms with van der Waals surface area (Å²) in [6.07, 6.45) is 0.346. The van der Waals surface area contributed by atoms with E-state index in [4.69, 9.17) is 0 Å². The predicted molar refractivity (Wildman–Crippen MR) is 94.9 cm³/mol. The number of anilines is 1. The van der Waals surface area contributed by atoms with Crippen LogP contribution in [0.4, 0.5) is 5.69 Å². The van der Waals surface area contributed by atoms with Gasteiger partial charge in [0, 0.05) is 17.4 Å².